The Hall–Kier alpha value is -2.47. The summed E-state index contributed by atoms with van der Waals surface area (Å²) in [5.74, 6) is -2.68. The van der Waals surface area contributed by atoms with E-state index in [2.05, 4.69) is 4.99 Å². The molecule has 1 aliphatic rings. The Morgan fingerprint density at radius 3 is 2.23 bits per heavy atom. The third-order valence-electron chi connectivity index (χ3n) is 4.61. The van der Waals surface area contributed by atoms with Gasteiger partial charge in [-0.2, -0.15) is 0 Å². The van der Waals surface area contributed by atoms with E-state index < -0.39 is 29.2 Å². The Kier molecular flexibility index (Phi) is 5.66. The quantitative estimate of drug-likeness (QED) is 0.595. The first kappa shape index (κ1) is 19.8. The van der Waals surface area contributed by atoms with Crippen molar-refractivity contribution in [3.63, 3.8) is 0 Å². The second-order valence-electron chi connectivity index (χ2n) is 6.00. The normalized spacial score (nSPS) is 22.5. The van der Waals surface area contributed by atoms with Crippen LogP contribution < -0.4 is 0 Å². The topological polar surface area (TPSA) is 82.0 Å². The van der Waals surface area contributed by atoms with Crippen LogP contribution in [0.5, 0.6) is 0 Å². The molecule has 1 heterocycles. The number of nitrogens with zero attached hydrogens (tertiary/aromatic N) is 1. The van der Waals surface area contributed by atoms with Gasteiger partial charge < -0.3 is 9.47 Å². The van der Waals surface area contributed by atoms with Crippen LogP contribution in [0.15, 0.2) is 40.4 Å². The smallest absolute Gasteiger partial charge is 0.345 e. The molecular weight excluding hydrogens is 358 g/mol. The second-order valence-corrected chi connectivity index (χ2v) is 6.40. The van der Waals surface area contributed by atoms with Crippen LogP contribution in [0.2, 0.25) is 5.02 Å². The van der Waals surface area contributed by atoms with E-state index in [1.807, 2.05) is 0 Å². The van der Waals surface area contributed by atoms with E-state index in [4.69, 9.17) is 21.1 Å². The summed E-state index contributed by atoms with van der Waals surface area (Å²) < 4.78 is 9.75. The van der Waals surface area contributed by atoms with Crippen molar-refractivity contribution in [3.05, 3.63) is 46.0 Å². The Bertz CT molecular complexity index is 842. The lowest BCUT2D eigenvalue weighted by Gasteiger charge is -2.35. The lowest BCUT2D eigenvalue weighted by molar-refractivity contribution is -0.148. The van der Waals surface area contributed by atoms with E-state index in [9.17, 15) is 14.4 Å². The number of ketones is 1. The Morgan fingerprint density at radius 1 is 1.12 bits per heavy atom. The van der Waals surface area contributed by atoms with Crippen molar-refractivity contribution in [1.29, 1.82) is 0 Å². The highest BCUT2D eigenvalue weighted by atomic mass is 35.5. The maximum atomic E-state index is 12.6. The van der Waals surface area contributed by atoms with E-state index >= 15 is 0 Å². The van der Waals surface area contributed by atoms with Gasteiger partial charge in [0.2, 0.25) is 5.54 Å². The van der Waals surface area contributed by atoms with Gasteiger partial charge in [0.25, 0.3) is 0 Å². The first-order valence-corrected chi connectivity index (χ1v) is 8.29. The van der Waals surface area contributed by atoms with Gasteiger partial charge in [0.1, 0.15) is 0 Å². The number of ether oxygens (including phenoxy) is 2. The zero-order chi connectivity index (χ0) is 19.6. The van der Waals surface area contributed by atoms with Crippen LogP contribution in [-0.2, 0) is 23.9 Å². The summed E-state index contributed by atoms with van der Waals surface area (Å²) in [6, 6.07) is 7.01. The van der Waals surface area contributed by atoms with Crippen LogP contribution in [0.25, 0.3) is 0 Å². The lowest BCUT2D eigenvalue weighted by Crippen LogP contribution is -2.50. The highest BCUT2D eigenvalue weighted by Crippen LogP contribution is 2.42. The van der Waals surface area contributed by atoms with Gasteiger partial charge in [-0.05, 0) is 38.0 Å². The maximum absolute atomic E-state index is 12.6. The average Bonchev–Trinajstić information content (AvgIpc) is 2.62. The Labute approximate surface area is 156 Å². The van der Waals surface area contributed by atoms with Crippen molar-refractivity contribution < 1.29 is 23.9 Å². The largest absolute Gasteiger partial charge is 0.467 e. The van der Waals surface area contributed by atoms with Crippen LogP contribution >= 0.6 is 11.6 Å². The number of dihydropyridines is 1. The summed E-state index contributed by atoms with van der Waals surface area (Å²) in [5.41, 5.74) is -0.532. The van der Waals surface area contributed by atoms with Crippen molar-refractivity contribution in [3.8, 4) is 0 Å². The van der Waals surface area contributed by atoms with Gasteiger partial charge in [0, 0.05) is 10.7 Å². The molecule has 0 aromatic heterocycles. The van der Waals surface area contributed by atoms with Gasteiger partial charge in [-0.3, -0.25) is 9.79 Å². The van der Waals surface area contributed by atoms with E-state index in [-0.39, 0.29) is 11.1 Å². The summed E-state index contributed by atoms with van der Waals surface area (Å²) in [6.45, 7) is 4.40. The van der Waals surface area contributed by atoms with Crippen molar-refractivity contribution in [1.82, 2.24) is 0 Å². The summed E-state index contributed by atoms with van der Waals surface area (Å²) in [4.78, 5) is 41.9. The Morgan fingerprint density at radius 2 is 1.73 bits per heavy atom. The molecule has 0 N–H and O–H groups in total. The van der Waals surface area contributed by atoms with Gasteiger partial charge in [-0.25, -0.2) is 9.59 Å². The average molecular weight is 378 g/mol. The number of carbonyl (C=O) groups is 3. The van der Waals surface area contributed by atoms with Gasteiger partial charge in [-0.15, -0.1) is 0 Å². The minimum Gasteiger partial charge on any atom is -0.467 e. The fourth-order valence-corrected chi connectivity index (χ4v) is 3.58. The zero-order valence-electron chi connectivity index (χ0n) is 15.3. The van der Waals surface area contributed by atoms with Gasteiger partial charge in [0.05, 0.1) is 25.7 Å². The molecule has 2 unspecified atom stereocenters. The molecule has 1 aromatic rings. The first-order chi connectivity index (χ1) is 12.2. The lowest BCUT2D eigenvalue weighted by atomic mass is 9.74. The molecule has 1 aromatic carbocycles. The number of Topliss-reactive ketones (excluding diaryl/α,β-unsaturated/α-hetero) is 1. The second kappa shape index (κ2) is 7.41. The number of aliphatic imine (C=N–C) groups is 1. The predicted octanol–water partition coefficient (Wildman–Crippen LogP) is 2.89. The van der Waals surface area contributed by atoms with Crippen molar-refractivity contribution in [2.24, 2.45) is 4.99 Å². The molecule has 0 spiro atoms. The minimum absolute atomic E-state index is 0.161. The van der Waals surface area contributed by atoms with Crippen molar-refractivity contribution in [2.45, 2.75) is 32.2 Å². The number of esters is 2. The van der Waals surface area contributed by atoms with E-state index in [0.717, 1.165) is 0 Å². The van der Waals surface area contributed by atoms with Crippen LogP contribution in [0.3, 0.4) is 0 Å². The van der Waals surface area contributed by atoms with Gasteiger partial charge in [0.15, 0.2) is 5.78 Å². The third-order valence-corrected chi connectivity index (χ3v) is 4.95. The van der Waals surface area contributed by atoms with Crippen LogP contribution in [0.4, 0.5) is 0 Å². The fraction of sp³-hybridized carbons (Fsp3) is 0.368. The molecule has 7 heteroatoms. The molecule has 0 amide bonds. The molecule has 1 aliphatic heterocycles. The van der Waals surface area contributed by atoms with E-state index in [1.54, 1.807) is 31.2 Å². The molecule has 0 bridgehead atoms. The summed E-state index contributed by atoms with van der Waals surface area (Å²) in [6.07, 6.45) is 0. The number of rotatable bonds is 4. The van der Waals surface area contributed by atoms with E-state index in [1.165, 1.54) is 28.1 Å². The summed E-state index contributed by atoms with van der Waals surface area (Å²) >= 11 is 6.32. The number of halogens is 1. The highest BCUT2D eigenvalue weighted by molar-refractivity contribution is 6.32. The monoisotopic (exact) mass is 377 g/mol. The molecule has 0 aliphatic carbocycles. The molecule has 2 rings (SSSR count). The molecule has 0 radical (unpaired) electrons. The van der Waals surface area contributed by atoms with Crippen LogP contribution in [0.1, 0.15) is 32.3 Å². The molecule has 0 saturated heterocycles. The highest BCUT2D eigenvalue weighted by Gasteiger charge is 2.52. The SMILES string of the molecule is COC(=O)C1=C(C)C(C(C)=O)(C(=O)OC)N=C(C)C1c1ccccc1Cl. The van der Waals surface area contributed by atoms with Gasteiger partial charge >= 0.3 is 11.9 Å². The van der Waals surface area contributed by atoms with Crippen molar-refractivity contribution in [2.75, 3.05) is 14.2 Å². The maximum Gasteiger partial charge on any atom is 0.345 e. The zero-order valence-corrected chi connectivity index (χ0v) is 16.0. The van der Waals surface area contributed by atoms with Crippen molar-refractivity contribution >= 4 is 35.0 Å². The molecule has 6 nitrogen and oxygen atoms in total. The predicted molar refractivity (Wildman–Crippen MR) is 97.4 cm³/mol. The summed E-state index contributed by atoms with van der Waals surface area (Å²) in [5, 5.41) is 0.439. The first-order valence-electron chi connectivity index (χ1n) is 7.92. The number of carbonyl (C=O) groups excluding carboxylic acids is 3. The number of benzene rings is 1. The number of methoxy groups -OCH3 is 2. The minimum atomic E-state index is -1.90. The van der Waals surface area contributed by atoms with E-state index in [0.29, 0.717) is 16.3 Å². The molecule has 2 atom stereocenters. The van der Waals surface area contributed by atoms with Crippen LogP contribution in [0, 0.1) is 0 Å². The standard InChI is InChI=1S/C19H20ClNO5/c1-10-15(17(23)25-4)16(13-8-6-7-9-14(13)20)11(2)21-19(10,12(3)22)18(24)26-5/h6-9,16H,1-5H3. The van der Waals surface area contributed by atoms with Gasteiger partial charge in [-0.1, -0.05) is 29.8 Å². The molecule has 0 fully saturated rings. The third kappa shape index (κ3) is 2.94. The molecule has 138 valence electrons. The molecule has 0 saturated carbocycles. The number of hydrogen-bond donors (Lipinski definition) is 0. The fourth-order valence-electron chi connectivity index (χ4n) is 3.34. The summed E-state index contributed by atoms with van der Waals surface area (Å²) in [7, 11) is 2.41. The Balaban J connectivity index is 2.86. The number of hydrogen-bond acceptors (Lipinski definition) is 6. The molecular formula is C19H20ClNO5. The molecule has 26 heavy (non-hydrogen) atoms. The van der Waals surface area contributed by atoms with Crippen LogP contribution in [-0.4, -0.2) is 43.2 Å².